The highest BCUT2D eigenvalue weighted by molar-refractivity contribution is 14.1. The minimum Gasteiger partial charge on any atom is -0.394 e. The maximum absolute atomic E-state index is 13.5. The summed E-state index contributed by atoms with van der Waals surface area (Å²) in [6.07, 6.45) is -11.2. The maximum Gasteiger partial charge on any atom is 0.253 e. The van der Waals surface area contributed by atoms with Crippen molar-refractivity contribution in [1.82, 2.24) is 21.3 Å². The predicted octanol–water partition coefficient (Wildman–Crippen LogP) is -3.65. The number of hydrogen-bond donors (Lipinski definition) is 15. The van der Waals surface area contributed by atoms with E-state index in [1.54, 1.807) is 136 Å². The molecule has 0 heterocycles. The molecule has 0 aliphatic carbocycles. The number of nitrogens with one attached hydrogen (secondary N) is 4. The molecule has 0 saturated heterocycles. The number of aliphatic hydroxyl groups excluding tert-OH is 11. The SMILES string of the molecule is O=CN(CC(O)C(O)C(O)CN(C=O)c1c(I)c(C(=O)NCC(O)CO)c(I)c(C(=O)NCC(O)CO)c1I)c1c(I)c(C(=O)NCC(O)CO)c(I)c(C(=O)NCC(O)CO)c1I. The Balaban J connectivity index is 2.65. The van der Waals surface area contributed by atoms with Crippen LogP contribution in [0.15, 0.2) is 0 Å². The summed E-state index contributed by atoms with van der Waals surface area (Å²) >= 11 is 10.2. The van der Waals surface area contributed by atoms with Crippen molar-refractivity contribution in [1.29, 1.82) is 0 Å². The molecule has 0 aliphatic rings. The first kappa shape index (κ1) is 59.3. The van der Waals surface area contributed by atoms with Gasteiger partial charge in [-0.25, -0.2) is 0 Å². The first-order valence-electron chi connectivity index (χ1n) is 18.3. The summed E-state index contributed by atoms with van der Waals surface area (Å²) in [7, 11) is 0. The monoisotopic (exact) mass is 1580 g/mol. The van der Waals surface area contributed by atoms with Crippen LogP contribution in [0.2, 0.25) is 0 Å². The minimum atomic E-state index is -2.15. The third-order valence-electron chi connectivity index (χ3n) is 8.72. The second kappa shape index (κ2) is 28.6. The fraction of sp³-hybridized carbons (Fsp3) is 0.486. The Morgan fingerprint density at radius 1 is 0.438 bits per heavy atom. The molecule has 6 unspecified atom stereocenters. The number of nitrogens with zero attached hydrogens (tertiary/aromatic N) is 2. The average Bonchev–Trinajstić information content (AvgIpc) is 3.26. The lowest BCUT2D eigenvalue weighted by atomic mass is 10.0. The molecule has 0 spiro atoms. The van der Waals surface area contributed by atoms with Crippen molar-refractivity contribution in [3.8, 4) is 0 Å². The van der Waals surface area contributed by atoms with Crippen molar-refractivity contribution in [2.75, 3.05) is 75.5 Å². The van der Waals surface area contributed by atoms with Crippen LogP contribution in [0.1, 0.15) is 41.4 Å². The zero-order valence-electron chi connectivity index (χ0n) is 32.8. The van der Waals surface area contributed by atoms with Gasteiger partial charge in [0.2, 0.25) is 12.8 Å². The van der Waals surface area contributed by atoms with Gasteiger partial charge in [0.25, 0.3) is 23.6 Å². The van der Waals surface area contributed by atoms with Crippen LogP contribution in [0.3, 0.4) is 0 Å². The van der Waals surface area contributed by atoms with Gasteiger partial charge in [0.1, 0.15) is 18.3 Å². The van der Waals surface area contributed by atoms with Crippen LogP contribution < -0.4 is 31.1 Å². The highest BCUT2D eigenvalue weighted by atomic mass is 127. The number of hydrogen-bond acceptors (Lipinski definition) is 17. The third kappa shape index (κ3) is 15.6. The Morgan fingerprint density at radius 3 is 0.844 bits per heavy atom. The molecule has 0 bridgehead atoms. The molecule has 6 atom stereocenters. The van der Waals surface area contributed by atoms with Crippen LogP contribution in [0, 0.1) is 21.4 Å². The zero-order valence-corrected chi connectivity index (χ0v) is 45.7. The van der Waals surface area contributed by atoms with E-state index < -0.39 is 132 Å². The highest BCUT2D eigenvalue weighted by Crippen LogP contribution is 2.39. The fourth-order valence-electron chi connectivity index (χ4n) is 5.31. The number of anilines is 2. The lowest BCUT2D eigenvalue weighted by Gasteiger charge is -2.32. The Morgan fingerprint density at radius 2 is 0.656 bits per heavy atom. The van der Waals surface area contributed by atoms with Gasteiger partial charge >= 0.3 is 0 Å². The minimum absolute atomic E-state index is 0.0371. The van der Waals surface area contributed by atoms with Crippen LogP contribution >= 0.6 is 136 Å². The fourth-order valence-corrected chi connectivity index (χ4v) is 14.8. The second-order valence-corrected chi connectivity index (χ2v) is 19.9. The van der Waals surface area contributed by atoms with Crippen molar-refractivity contribution < 1.29 is 84.9 Å². The number of amides is 6. The van der Waals surface area contributed by atoms with Gasteiger partial charge in [-0.1, -0.05) is 0 Å². The van der Waals surface area contributed by atoms with Crippen molar-refractivity contribution >= 4 is 183 Å². The molecule has 15 N–H and O–H groups in total. The molecule has 29 heteroatoms. The van der Waals surface area contributed by atoms with Crippen LogP contribution in [0.25, 0.3) is 0 Å². The number of halogens is 6. The van der Waals surface area contributed by atoms with Gasteiger partial charge in [0, 0.05) is 33.3 Å². The van der Waals surface area contributed by atoms with E-state index in [-0.39, 0.29) is 67.9 Å². The van der Waals surface area contributed by atoms with E-state index in [4.69, 9.17) is 0 Å². The first-order valence-corrected chi connectivity index (χ1v) is 24.7. The lowest BCUT2D eigenvalue weighted by molar-refractivity contribution is -0.108. The normalized spacial score (nSPS) is 14.6. The van der Waals surface area contributed by atoms with Gasteiger partial charge in [-0.05, 0) is 136 Å². The summed E-state index contributed by atoms with van der Waals surface area (Å²) in [5, 5.41) is 120. The topological polar surface area (TPSA) is 380 Å². The van der Waals surface area contributed by atoms with Gasteiger partial charge in [-0.3, -0.25) is 28.8 Å². The smallest absolute Gasteiger partial charge is 0.253 e. The van der Waals surface area contributed by atoms with Gasteiger partial charge in [0.05, 0.1) is 112 Å². The Bertz CT molecular complexity index is 1760. The third-order valence-corrected chi connectivity index (χ3v) is 15.1. The Labute approximate surface area is 446 Å². The van der Waals surface area contributed by atoms with Crippen LogP contribution in [-0.2, 0) is 9.59 Å². The molecule has 0 aromatic heterocycles. The van der Waals surface area contributed by atoms with Gasteiger partial charge < -0.3 is 87.2 Å². The molecule has 64 heavy (non-hydrogen) atoms. The molecule has 0 fully saturated rings. The average molecular weight is 1580 g/mol. The van der Waals surface area contributed by atoms with Crippen molar-refractivity contribution in [3.63, 3.8) is 0 Å². The second-order valence-electron chi connectivity index (χ2n) is 13.4. The Hall–Kier alpha value is -0.800. The van der Waals surface area contributed by atoms with Crippen LogP contribution in [0.5, 0.6) is 0 Å². The van der Waals surface area contributed by atoms with Gasteiger partial charge in [-0.15, -0.1) is 0 Å². The Kier molecular flexibility index (Phi) is 26.5. The van der Waals surface area contributed by atoms with E-state index in [9.17, 15) is 84.9 Å². The van der Waals surface area contributed by atoms with E-state index in [2.05, 4.69) is 21.3 Å². The molecule has 23 nitrogen and oxygen atoms in total. The molecular weight excluding hydrogens is 1540 g/mol. The number of benzene rings is 2. The lowest BCUT2D eigenvalue weighted by Crippen LogP contribution is -2.49. The number of rotatable bonds is 26. The van der Waals surface area contributed by atoms with Crippen LogP contribution in [0.4, 0.5) is 11.4 Å². The van der Waals surface area contributed by atoms with E-state index in [1.165, 1.54) is 0 Å². The predicted molar refractivity (Wildman–Crippen MR) is 276 cm³/mol. The molecule has 0 radical (unpaired) electrons. The number of carbonyl (C=O) groups excluding carboxylic acids is 6. The summed E-state index contributed by atoms with van der Waals surface area (Å²) in [5.74, 6) is -3.42. The summed E-state index contributed by atoms with van der Waals surface area (Å²) < 4.78 is 0.240. The molecule has 0 aliphatic heterocycles. The van der Waals surface area contributed by atoms with E-state index in [0.717, 1.165) is 9.80 Å². The molecular formula is C35H44I6N6O17. The first-order chi connectivity index (χ1) is 30.1. The quantitative estimate of drug-likeness (QED) is 0.0319. The van der Waals surface area contributed by atoms with E-state index in [0.29, 0.717) is 0 Å². The summed E-state index contributed by atoms with van der Waals surface area (Å²) in [6, 6.07) is 0. The van der Waals surface area contributed by atoms with Gasteiger partial charge in [0.15, 0.2) is 0 Å². The summed E-state index contributed by atoms with van der Waals surface area (Å²) in [4.78, 5) is 81.1. The van der Waals surface area contributed by atoms with Crippen molar-refractivity contribution in [2.45, 2.75) is 42.7 Å². The van der Waals surface area contributed by atoms with Gasteiger partial charge in [-0.2, -0.15) is 0 Å². The number of aliphatic hydroxyl groups is 11. The van der Waals surface area contributed by atoms with E-state index in [1.807, 2.05) is 0 Å². The molecule has 0 saturated carbocycles. The largest absolute Gasteiger partial charge is 0.394 e. The summed E-state index contributed by atoms with van der Waals surface area (Å²) in [5.41, 5.74) is -1.01. The molecule has 2 aromatic carbocycles. The summed E-state index contributed by atoms with van der Waals surface area (Å²) in [6.45, 7) is -6.08. The molecule has 6 amide bonds. The standard InChI is InChI=1S/C35H44I6N6O17/c36-23-19(32(61)42-1-13(54)7-48)25(38)29(26(39)20(23)33(62)43-2-14(55)8-49)46(11-52)5-17(58)31(60)18(59)6-47(12-53)30-27(40)21(34(63)44-3-15(56)9-50)24(37)22(28(30)41)35(64)45-4-16(57)10-51/h11-18,31,48-51,54-60H,1-10H2,(H,42,61)(H,43,62)(H,44,63)(H,45,64). The maximum atomic E-state index is 13.5. The zero-order chi connectivity index (χ0) is 48.7. The molecule has 358 valence electrons. The highest BCUT2D eigenvalue weighted by Gasteiger charge is 2.36. The molecule has 2 aromatic rings. The van der Waals surface area contributed by atoms with E-state index >= 15 is 0 Å². The van der Waals surface area contributed by atoms with Crippen molar-refractivity contribution in [2.24, 2.45) is 0 Å². The number of carbonyl (C=O) groups is 6. The van der Waals surface area contributed by atoms with Crippen LogP contribution in [-0.4, -0.2) is 201 Å². The molecule has 2 rings (SSSR count). The van der Waals surface area contributed by atoms with Crippen molar-refractivity contribution in [3.05, 3.63) is 43.7 Å².